The van der Waals surface area contributed by atoms with Crippen LogP contribution in [0.1, 0.15) is 11.3 Å². The second-order valence-corrected chi connectivity index (χ2v) is 5.58. The predicted molar refractivity (Wildman–Crippen MR) is 75.8 cm³/mol. The zero-order chi connectivity index (χ0) is 12.1. The van der Waals surface area contributed by atoms with Crippen LogP contribution in [0.2, 0.25) is 0 Å². The van der Waals surface area contributed by atoms with Gasteiger partial charge < -0.3 is 4.98 Å². The summed E-state index contributed by atoms with van der Waals surface area (Å²) in [4.78, 5) is 8.16. The van der Waals surface area contributed by atoms with Crippen molar-refractivity contribution in [1.29, 1.82) is 0 Å². The number of para-hydroxylation sites is 1. The van der Waals surface area contributed by atoms with E-state index in [1.807, 2.05) is 18.7 Å². The summed E-state index contributed by atoms with van der Waals surface area (Å²) in [5.74, 6) is 1.00. The van der Waals surface area contributed by atoms with Gasteiger partial charge in [0.1, 0.15) is 5.03 Å². The first-order chi connectivity index (χ1) is 8.83. The standard InChI is InChI=1S/C15H12N2S/c1-9-6-7-11-14-12(8-18-15(11)16-9)10-4-2-3-5-13(10)17-14/h2-7,17H,8H2,1H3. The van der Waals surface area contributed by atoms with Crippen molar-refractivity contribution >= 4 is 22.7 Å². The average Bonchev–Trinajstić information content (AvgIpc) is 2.77. The van der Waals surface area contributed by atoms with E-state index in [0.717, 1.165) is 16.5 Å². The number of nitrogens with zero attached hydrogens (tertiary/aromatic N) is 1. The van der Waals surface area contributed by atoms with Gasteiger partial charge in [-0.1, -0.05) is 18.2 Å². The maximum atomic E-state index is 4.63. The quantitative estimate of drug-likeness (QED) is 0.651. The fraction of sp³-hybridized carbons (Fsp3) is 0.133. The molecule has 0 saturated carbocycles. The fourth-order valence-corrected chi connectivity index (χ4v) is 3.67. The van der Waals surface area contributed by atoms with Crippen LogP contribution < -0.4 is 0 Å². The molecule has 0 radical (unpaired) electrons. The number of aryl methyl sites for hydroxylation is 1. The first kappa shape index (κ1) is 10.2. The Balaban J connectivity index is 2.06. The number of rotatable bonds is 0. The summed E-state index contributed by atoms with van der Waals surface area (Å²) in [5, 5.41) is 2.49. The molecule has 2 nitrogen and oxygen atoms in total. The Morgan fingerprint density at radius 1 is 1.17 bits per heavy atom. The molecule has 0 aliphatic carbocycles. The Kier molecular flexibility index (Phi) is 2.06. The van der Waals surface area contributed by atoms with Gasteiger partial charge in [-0.05, 0) is 30.7 Å². The third-order valence-electron chi connectivity index (χ3n) is 3.44. The van der Waals surface area contributed by atoms with Crippen LogP contribution in [0, 0.1) is 6.92 Å². The molecular formula is C15H12N2S. The van der Waals surface area contributed by atoms with Gasteiger partial charge in [0.2, 0.25) is 0 Å². The van der Waals surface area contributed by atoms with Crippen LogP contribution in [-0.4, -0.2) is 9.97 Å². The number of pyridine rings is 1. The Hall–Kier alpha value is -1.74. The molecule has 18 heavy (non-hydrogen) atoms. The third-order valence-corrected chi connectivity index (χ3v) is 4.45. The highest BCUT2D eigenvalue weighted by Gasteiger charge is 2.21. The van der Waals surface area contributed by atoms with E-state index in [2.05, 4.69) is 46.4 Å². The van der Waals surface area contributed by atoms with Gasteiger partial charge in [-0.2, -0.15) is 0 Å². The summed E-state index contributed by atoms with van der Waals surface area (Å²) in [5.41, 5.74) is 6.20. The van der Waals surface area contributed by atoms with Crippen LogP contribution in [0.5, 0.6) is 0 Å². The van der Waals surface area contributed by atoms with Crippen molar-refractivity contribution in [2.24, 2.45) is 0 Å². The molecule has 4 rings (SSSR count). The lowest BCUT2D eigenvalue weighted by Gasteiger charge is -2.15. The van der Waals surface area contributed by atoms with E-state index < -0.39 is 0 Å². The molecule has 1 aliphatic rings. The molecule has 0 amide bonds. The molecule has 0 saturated heterocycles. The predicted octanol–water partition coefficient (Wildman–Crippen LogP) is 4.14. The minimum absolute atomic E-state index is 1.00. The maximum Gasteiger partial charge on any atom is 0.106 e. The van der Waals surface area contributed by atoms with Crippen molar-refractivity contribution in [1.82, 2.24) is 9.97 Å². The van der Waals surface area contributed by atoms with Gasteiger partial charge >= 0.3 is 0 Å². The molecule has 1 N–H and O–H groups in total. The molecule has 0 spiro atoms. The number of aromatic amines is 1. The lowest BCUT2D eigenvalue weighted by atomic mass is 10.1. The van der Waals surface area contributed by atoms with E-state index in [4.69, 9.17) is 0 Å². The van der Waals surface area contributed by atoms with E-state index in [1.54, 1.807) is 0 Å². The second kappa shape index (κ2) is 3.62. The zero-order valence-corrected chi connectivity index (χ0v) is 10.8. The fourth-order valence-electron chi connectivity index (χ4n) is 2.55. The van der Waals surface area contributed by atoms with Gasteiger partial charge in [0, 0.05) is 27.9 Å². The first-order valence-corrected chi connectivity index (χ1v) is 7.02. The van der Waals surface area contributed by atoms with Crippen LogP contribution >= 0.6 is 11.8 Å². The molecule has 3 heterocycles. The van der Waals surface area contributed by atoms with Crippen LogP contribution in [0.4, 0.5) is 0 Å². The number of aromatic nitrogens is 2. The molecule has 88 valence electrons. The largest absolute Gasteiger partial charge is 0.354 e. The Morgan fingerprint density at radius 2 is 2.06 bits per heavy atom. The summed E-state index contributed by atoms with van der Waals surface area (Å²) in [6.45, 7) is 2.04. The Bertz CT molecular complexity index is 758. The summed E-state index contributed by atoms with van der Waals surface area (Å²) >= 11 is 1.83. The highest BCUT2D eigenvalue weighted by atomic mass is 32.2. The molecule has 1 aliphatic heterocycles. The van der Waals surface area contributed by atoms with Crippen molar-refractivity contribution < 1.29 is 0 Å². The number of nitrogens with one attached hydrogen (secondary N) is 1. The summed E-state index contributed by atoms with van der Waals surface area (Å²) in [6.07, 6.45) is 0. The monoisotopic (exact) mass is 252 g/mol. The van der Waals surface area contributed by atoms with Crippen LogP contribution in [0.3, 0.4) is 0 Å². The van der Waals surface area contributed by atoms with E-state index in [-0.39, 0.29) is 0 Å². The average molecular weight is 252 g/mol. The van der Waals surface area contributed by atoms with Gasteiger partial charge in [-0.15, -0.1) is 11.8 Å². The number of benzene rings is 1. The minimum atomic E-state index is 1.00. The topological polar surface area (TPSA) is 28.7 Å². The van der Waals surface area contributed by atoms with Crippen LogP contribution in [-0.2, 0) is 5.75 Å². The van der Waals surface area contributed by atoms with Crippen molar-refractivity contribution in [3.05, 3.63) is 47.7 Å². The summed E-state index contributed by atoms with van der Waals surface area (Å²) in [7, 11) is 0. The molecule has 3 aromatic rings. The zero-order valence-electron chi connectivity index (χ0n) is 10.0. The highest BCUT2D eigenvalue weighted by Crippen LogP contribution is 2.42. The lowest BCUT2D eigenvalue weighted by molar-refractivity contribution is 1.05. The van der Waals surface area contributed by atoms with Gasteiger partial charge in [0.15, 0.2) is 0 Å². The summed E-state index contributed by atoms with van der Waals surface area (Å²) < 4.78 is 0. The SMILES string of the molecule is Cc1ccc2c(n1)SCc1c-2[nH]c2ccccc12. The smallest absolute Gasteiger partial charge is 0.106 e. The molecule has 0 atom stereocenters. The second-order valence-electron chi connectivity index (χ2n) is 4.62. The van der Waals surface area contributed by atoms with Gasteiger partial charge in [-0.25, -0.2) is 4.98 Å². The number of fused-ring (bicyclic) bond motifs is 5. The van der Waals surface area contributed by atoms with Gasteiger partial charge in [0.05, 0.1) is 5.69 Å². The molecule has 0 bridgehead atoms. The van der Waals surface area contributed by atoms with Crippen LogP contribution in [0.25, 0.3) is 22.2 Å². The van der Waals surface area contributed by atoms with Crippen molar-refractivity contribution in [3.8, 4) is 11.3 Å². The van der Waals surface area contributed by atoms with E-state index >= 15 is 0 Å². The van der Waals surface area contributed by atoms with Crippen molar-refractivity contribution in [2.45, 2.75) is 17.7 Å². The van der Waals surface area contributed by atoms with E-state index in [1.165, 1.54) is 27.7 Å². The number of H-pyrrole nitrogens is 1. The maximum absolute atomic E-state index is 4.63. The molecule has 2 aromatic heterocycles. The number of hydrogen-bond acceptors (Lipinski definition) is 2. The molecular weight excluding hydrogens is 240 g/mol. The molecule has 0 fully saturated rings. The lowest BCUT2D eigenvalue weighted by Crippen LogP contribution is -1.97. The third kappa shape index (κ3) is 1.34. The first-order valence-electron chi connectivity index (χ1n) is 6.03. The van der Waals surface area contributed by atoms with E-state index in [0.29, 0.717) is 0 Å². The number of thioether (sulfide) groups is 1. The van der Waals surface area contributed by atoms with Gasteiger partial charge in [-0.3, -0.25) is 0 Å². The van der Waals surface area contributed by atoms with E-state index in [9.17, 15) is 0 Å². The normalized spacial score (nSPS) is 13.4. The van der Waals surface area contributed by atoms with Crippen molar-refractivity contribution in [3.63, 3.8) is 0 Å². The number of hydrogen-bond donors (Lipinski definition) is 1. The van der Waals surface area contributed by atoms with Crippen LogP contribution in [0.15, 0.2) is 41.4 Å². The Labute approximate surface area is 109 Å². The minimum Gasteiger partial charge on any atom is -0.354 e. The highest BCUT2D eigenvalue weighted by molar-refractivity contribution is 7.98. The molecule has 0 unspecified atom stereocenters. The van der Waals surface area contributed by atoms with Crippen molar-refractivity contribution in [2.75, 3.05) is 0 Å². The molecule has 1 aromatic carbocycles. The molecule has 3 heteroatoms. The Morgan fingerprint density at radius 3 is 3.00 bits per heavy atom. The summed E-state index contributed by atoms with van der Waals surface area (Å²) in [6, 6.07) is 12.8. The van der Waals surface area contributed by atoms with Gasteiger partial charge in [0.25, 0.3) is 0 Å².